The zero-order valence-electron chi connectivity index (χ0n) is 19.3. The molecule has 2 amide bonds. The molecular formula is C24H26ClFN6O3. The SMILES string of the molecule is CCN(C(=O)O)[C@@H]1CN(C(=O)C2CCN(c3ccc(C#N)nn3)CC2)C[C@H]1c1ccc(Cl)c(F)c1. The van der Waals surface area contributed by atoms with E-state index in [-0.39, 0.29) is 41.5 Å². The highest BCUT2D eigenvalue weighted by molar-refractivity contribution is 6.30. The largest absolute Gasteiger partial charge is 0.465 e. The van der Waals surface area contributed by atoms with Crippen molar-refractivity contribution in [3.63, 3.8) is 0 Å². The molecule has 0 aliphatic carbocycles. The van der Waals surface area contributed by atoms with Crippen molar-refractivity contribution >= 4 is 29.4 Å². The molecule has 0 spiro atoms. The van der Waals surface area contributed by atoms with E-state index in [1.54, 1.807) is 30.0 Å². The van der Waals surface area contributed by atoms with E-state index in [2.05, 4.69) is 10.2 Å². The van der Waals surface area contributed by atoms with Crippen molar-refractivity contribution in [3.05, 3.63) is 52.4 Å². The topological polar surface area (TPSA) is 114 Å². The maximum Gasteiger partial charge on any atom is 0.407 e. The summed E-state index contributed by atoms with van der Waals surface area (Å²) in [4.78, 5) is 30.4. The number of hydrogen-bond donors (Lipinski definition) is 1. The lowest BCUT2D eigenvalue weighted by molar-refractivity contribution is -0.135. The third-order valence-corrected chi connectivity index (χ3v) is 7.20. The molecule has 3 heterocycles. The summed E-state index contributed by atoms with van der Waals surface area (Å²) in [5.41, 5.74) is 0.876. The molecule has 1 N–H and O–H groups in total. The van der Waals surface area contributed by atoms with Crippen LogP contribution in [0.4, 0.5) is 15.0 Å². The van der Waals surface area contributed by atoms with Gasteiger partial charge < -0.3 is 19.8 Å². The van der Waals surface area contributed by atoms with Crippen molar-refractivity contribution < 1.29 is 19.1 Å². The molecule has 35 heavy (non-hydrogen) atoms. The molecule has 9 nitrogen and oxygen atoms in total. The number of benzene rings is 1. The second-order valence-corrected chi connectivity index (χ2v) is 9.22. The number of nitrogens with zero attached hydrogens (tertiary/aromatic N) is 6. The molecule has 2 atom stereocenters. The van der Waals surface area contributed by atoms with E-state index in [1.807, 2.05) is 11.0 Å². The van der Waals surface area contributed by atoms with Gasteiger partial charge in [0, 0.05) is 44.6 Å². The summed E-state index contributed by atoms with van der Waals surface area (Å²) in [5, 5.41) is 26.6. The Bertz CT molecular complexity index is 1130. The Morgan fingerprint density at radius 3 is 2.54 bits per heavy atom. The summed E-state index contributed by atoms with van der Waals surface area (Å²) in [6, 6.07) is 9.33. The van der Waals surface area contributed by atoms with Gasteiger partial charge in [0.05, 0.1) is 11.1 Å². The Balaban J connectivity index is 1.47. The number of carboxylic acid groups (broad SMARTS) is 1. The number of nitriles is 1. The van der Waals surface area contributed by atoms with Crippen LogP contribution in [0.15, 0.2) is 30.3 Å². The molecule has 4 rings (SSSR count). The zero-order chi connectivity index (χ0) is 25.1. The third-order valence-electron chi connectivity index (χ3n) is 6.89. The lowest BCUT2D eigenvalue weighted by Crippen LogP contribution is -2.45. The number of amides is 2. The van der Waals surface area contributed by atoms with Crippen LogP contribution in [0.2, 0.25) is 5.02 Å². The average molecular weight is 501 g/mol. The number of carbonyl (C=O) groups is 2. The normalized spacial score (nSPS) is 20.5. The van der Waals surface area contributed by atoms with Crippen LogP contribution in [0.3, 0.4) is 0 Å². The molecule has 1 aromatic carbocycles. The number of hydrogen-bond acceptors (Lipinski definition) is 6. The predicted molar refractivity (Wildman–Crippen MR) is 127 cm³/mol. The van der Waals surface area contributed by atoms with Crippen LogP contribution < -0.4 is 4.90 Å². The van der Waals surface area contributed by atoms with E-state index in [9.17, 15) is 19.1 Å². The summed E-state index contributed by atoms with van der Waals surface area (Å²) < 4.78 is 14.2. The van der Waals surface area contributed by atoms with Crippen LogP contribution in [0.5, 0.6) is 0 Å². The van der Waals surface area contributed by atoms with E-state index in [4.69, 9.17) is 16.9 Å². The number of carbonyl (C=O) groups excluding carboxylic acids is 1. The fourth-order valence-electron chi connectivity index (χ4n) is 5.03. The highest BCUT2D eigenvalue weighted by Gasteiger charge is 2.43. The maximum absolute atomic E-state index is 14.2. The van der Waals surface area contributed by atoms with Crippen LogP contribution in [-0.2, 0) is 4.79 Å². The molecule has 0 bridgehead atoms. The average Bonchev–Trinajstić information content (AvgIpc) is 3.30. The van der Waals surface area contributed by atoms with Gasteiger partial charge in [-0.25, -0.2) is 9.18 Å². The minimum absolute atomic E-state index is 0.000486. The molecule has 184 valence electrons. The van der Waals surface area contributed by atoms with E-state index >= 15 is 0 Å². The first-order valence-corrected chi connectivity index (χ1v) is 11.9. The van der Waals surface area contributed by atoms with Gasteiger partial charge in [-0.2, -0.15) is 5.26 Å². The van der Waals surface area contributed by atoms with Crippen LogP contribution in [-0.4, -0.2) is 75.9 Å². The van der Waals surface area contributed by atoms with Crippen LogP contribution >= 0.6 is 11.6 Å². The van der Waals surface area contributed by atoms with Crippen molar-refractivity contribution in [2.45, 2.75) is 31.7 Å². The number of rotatable bonds is 5. The predicted octanol–water partition coefficient (Wildman–Crippen LogP) is 3.35. The van der Waals surface area contributed by atoms with E-state index in [0.717, 1.165) is 0 Å². The fraction of sp³-hybridized carbons (Fsp3) is 0.458. The van der Waals surface area contributed by atoms with Gasteiger partial charge in [0.1, 0.15) is 11.9 Å². The van der Waals surface area contributed by atoms with Gasteiger partial charge in [0.15, 0.2) is 11.5 Å². The number of likely N-dealkylation sites (tertiary alicyclic amines) is 1. The van der Waals surface area contributed by atoms with Gasteiger partial charge in [-0.3, -0.25) is 4.79 Å². The number of aromatic nitrogens is 2. The van der Waals surface area contributed by atoms with Crippen LogP contribution in [0.1, 0.15) is 36.9 Å². The molecule has 2 aliphatic heterocycles. The van der Waals surface area contributed by atoms with Gasteiger partial charge in [-0.05, 0) is 49.6 Å². The number of piperidine rings is 1. The van der Waals surface area contributed by atoms with Gasteiger partial charge >= 0.3 is 6.09 Å². The monoisotopic (exact) mass is 500 g/mol. The summed E-state index contributed by atoms with van der Waals surface area (Å²) in [6.45, 7) is 3.83. The van der Waals surface area contributed by atoms with Crippen molar-refractivity contribution in [2.24, 2.45) is 5.92 Å². The summed E-state index contributed by atoms with van der Waals surface area (Å²) in [5.74, 6) is -0.459. The molecule has 0 saturated carbocycles. The van der Waals surface area contributed by atoms with Gasteiger partial charge in [0.25, 0.3) is 0 Å². The van der Waals surface area contributed by atoms with Crippen molar-refractivity contribution in [1.82, 2.24) is 20.0 Å². The molecule has 11 heteroatoms. The first-order valence-electron chi connectivity index (χ1n) is 11.5. The molecular weight excluding hydrogens is 475 g/mol. The van der Waals surface area contributed by atoms with Crippen molar-refractivity contribution in [1.29, 1.82) is 5.26 Å². The minimum atomic E-state index is -1.07. The number of halogens is 2. The van der Waals surface area contributed by atoms with Crippen molar-refractivity contribution in [3.8, 4) is 6.07 Å². The Morgan fingerprint density at radius 2 is 1.97 bits per heavy atom. The van der Waals surface area contributed by atoms with E-state index < -0.39 is 18.0 Å². The van der Waals surface area contributed by atoms with Crippen LogP contribution in [0.25, 0.3) is 0 Å². The lowest BCUT2D eigenvalue weighted by Gasteiger charge is -2.33. The highest BCUT2D eigenvalue weighted by atomic mass is 35.5. The second-order valence-electron chi connectivity index (χ2n) is 8.81. The van der Waals surface area contributed by atoms with Crippen LogP contribution in [0, 0.1) is 23.1 Å². The molecule has 2 saturated heterocycles. The molecule has 0 unspecified atom stereocenters. The fourth-order valence-corrected chi connectivity index (χ4v) is 5.15. The molecule has 2 aliphatic rings. The summed E-state index contributed by atoms with van der Waals surface area (Å²) >= 11 is 5.85. The highest BCUT2D eigenvalue weighted by Crippen LogP contribution is 2.35. The van der Waals surface area contributed by atoms with Gasteiger partial charge in [-0.15, -0.1) is 10.2 Å². The van der Waals surface area contributed by atoms with E-state index in [1.165, 1.54) is 17.0 Å². The Labute approximate surface area is 207 Å². The molecule has 2 fully saturated rings. The molecule has 2 aromatic rings. The second kappa shape index (κ2) is 10.4. The Hall–Kier alpha value is -3.45. The third kappa shape index (κ3) is 5.15. The first kappa shape index (κ1) is 24.7. The van der Waals surface area contributed by atoms with Crippen molar-refractivity contribution in [2.75, 3.05) is 37.6 Å². The Morgan fingerprint density at radius 1 is 1.23 bits per heavy atom. The summed E-state index contributed by atoms with van der Waals surface area (Å²) in [6.07, 6.45) is 0.180. The van der Waals surface area contributed by atoms with Gasteiger partial charge in [0.2, 0.25) is 5.91 Å². The number of anilines is 1. The smallest absolute Gasteiger partial charge is 0.407 e. The quantitative estimate of drug-likeness (QED) is 0.669. The summed E-state index contributed by atoms with van der Waals surface area (Å²) in [7, 11) is 0. The lowest BCUT2D eigenvalue weighted by atomic mass is 9.93. The molecule has 0 radical (unpaired) electrons. The van der Waals surface area contributed by atoms with Gasteiger partial charge in [-0.1, -0.05) is 17.7 Å². The van der Waals surface area contributed by atoms with E-state index in [0.29, 0.717) is 43.9 Å². The maximum atomic E-state index is 14.2. The first-order chi connectivity index (χ1) is 16.8. The number of likely N-dealkylation sites (N-methyl/N-ethyl adjacent to an activating group) is 1. The standard InChI is InChI=1S/C24H26ClFN6O3/c1-2-32(24(34)35)21-14-31(13-18(21)16-3-5-19(25)20(26)11-16)23(33)15-7-9-30(10-8-15)22-6-4-17(12-27)28-29-22/h3-6,11,15,18,21H,2,7-10,13-14H2,1H3,(H,34,35)/t18-,21+/m0/s1. The molecule has 1 aromatic heterocycles. The Kier molecular flexibility index (Phi) is 7.36. The zero-order valence-corrected chi connectivity index (χ0v) is 20.0. The minimum Gasteiger partial charge on any atom is -0.465 e.